The fourth-order valence-electron chi connectivity index (χ4n) is 0.926. The summed E-state index contributed by atoms with van der Waals surface area (Å²) in [6, 6.07) is 0. The molecule has 1 aliphatic heterocycles. The third kappa shape index (κ3) is 3.05. The molecule has 1 heterocycles. The van der Waals surface area contributed by atoms with Gasteiger partial charge in [-0.05, 0) is 11.8 Å². The first-order chi connectivity index (χ1) is 5.70. The Hall–Kier alpha value is -0.180. The van der Waals surface area contributed by atoms with Crippen molar-refractivity contribution in [2.45, 2.75) is 20.8 Å². The lowest BCUT2D eigenvalue weighted by molar-refractivity contribution is 0.416. The van der Waals surface area contributed by atoms with Gasteiger partial charge in [0.1, 0.15) is 0 Å². The van der Waals surface area contributed by atoms with Crippen molar-refractivity contribution in [2.24, 2.45) is 16.8 Å². The summed E-state index contributed by atoms with van der Waals surface area (Å²) in [5, 5.41) is 4.52. The van der Waals surface area contributed by atoms with Crippen molar-refractivity contribution < 1.29 is 0 Å². The van der Waals surface area contributed by atoms with E-state index in [9.17, 15) is 0 Å². The Bertz CT molecular complexity index is 166. The van der Waals surface area contributed by atoms with Crippen LogP contribution in [0.5, 0.6) is 0 Å². The Labute approximate surface area is 79.2 Å². The summed E-state index contributed by atoms with van der Waals surface area (Å²) in [6.45, 7) is 8.84. The average Bonchev–Trinajstić information content (AvgIpc) is 2.51. The lowest BCUT2D eigenvalue weighted by atomic mass is 9.98. The van der Waals surface area contributed by atoms with Crippen LogP contribution in [0.3, 0.4) is 0 Å². The van der Waals surface area contributed by atoms with E-state index in [1.165, 1.54) is 0 Å². The van der Waals surface area contributed by atoms with Crippen LogP contribution in [0.15, 0.2) is 4.99 Å². The van der Waals surface area contributed by atoms with Gasteiger partial charge in [-0.1, -0.05) is 32.5 Å². The zero-order valence-electron chi connectivity index (χ0n) is 8.13. The molecule has 12 heavy (non-hydrogen) atoms. The lowest BCUT2D eigenvalue weighted by Crippen LogP contribution is -2.27. The Kier molecular flexibility index (Phi) is 3.92. The summed E-state index contributed by atoms with van der Waals surface area (Å²) < 4.78 is 0. The van der Waals surface area contributed by atoms with Crippen molar-refractivity contribution in [1.82, 2.24) is 5.32 Å². The molecule has 0 bridgehead atoms. The molecule has 1 atom stereocenters. The zero-order chi connectivity index (χ0) is 8.97. The molecule has 3 heteroatoms. The molecular weight excluding hydrogens is 168 g/mol. The molecule has 0 spiro atoms. The van der Waals surface area contributed by atoms with E-state index in [0.717, 1.165) is 35.8 Å². The number of nitrogens with one attached hydrogen (secondary N) is 1. The first-order valence-electron chi connectivity index (χ1n) is 4.61. The normalized spacial score (nSPS) is 19.5. The van der Waals surface area contributed by atoms with Crippen LogP contribution in [0.4, 0.5) is 0 Å². The summed E-state index contributed by atoms with van der Waals surface area (Å²) in [6.07, 6.45) is 0. The minimum atomic E-state index is 0.730. The van der Waals surface area contributed by atoms with E-state index >= 15 is 0 Å². The summed E-state index contributed by atoms with van der Waals surface area (Å²) in [4.78, 5) is 4.34. The zero-order valence-corrected chi connectivity index (χ0v) is 8.95. The van der Waals surface area contributed by atoms with Crippen LogP contribution in [0.25, 0.3) is 0 Å². The summed E-state index contributed by atoms with van der Waals surface area (Å²) >= 11 is 1.83. The summed E-state index contributed by atoms with van der Waals surface area (Å²) in [5.74, 6) is 2.64. The second kappa shape index (κ2) is 4.75. The van der Waals surface area contributed by atoms with Crippen molar-refractivity contribution >= 4 is 16.9 Å². The number of thioether (sulfide) groups is 1. The second-order valence-electron chi connectivity index (χ2n) is 3.64. The van der Waals surface area contributed by atoms with Gasteiger partial charge in [-0.2, -0.15) is 0 Å². The van der Waals surface area contributed by atoms with E-state index in [1.54, 1.807) is 0 Å². The van der Waals surface area contributed by atoms with Crippen molar-refractivity contribution in [2.75, 3.05) is 18.8 Å². The second-order valence-corrected chi connectivity index (χ2v) is 4.72. The Morgan fingerprint density at radius 3 is 2.75 bits per heavy atom. The van der Waals surface area contributed by atoms with Crippen LogP contribution < -0.4 is 5.32 Å². The third-order valence-corrected chi connectivity index (χ3v) is 3.23. The van der Waals surface area contributed by atoms with E-state index in [2.05, 4.69) is 31.1 Å². The van der Waals surface area contributed by atoms with Crippen molar-refractivity contribution in [1.29, 1.82) is 0 Å². The number of aliphatic imine (C=N–C) groups is 1. The van der Waals surface area contributed by atoms with Gasteiger partial charge in [0, 0.05) is 12.3 Å². The molecule has 0 aromatic carbocycles. The molecular formula is C9H18N2S. The minimum Gasteiger partial charge on any atom is -0.365 e. The summed E-state index contributed by atoms with van der Waals surface area (Å²) in [7, 11) is 0. The van der Waals surface area contributed by atoms with Gasteiger partial charge in [0.15, 0.2) is 5.17 Å². The molecule has 0 radical (unpaired) electrons. The molecule has 0 aromatic heterocycles. The van der Waals surface area contributed by atoms with Crippen molar-refractivity contribution in [3.63, 3.8) is 0 Å². The van der Waals surface area contributed by atoms with Gasteiger partial charge >= 0.3 is 0 Å². The SMILES string of the molecule is CC(C)C(C)CNC1=NCCS1. The standard InChI is InChI=1S/C9H18N2S/c1-7(2)8(3)6-11-9-10-4-5-12-9/h7-8H,4-6H2,1-3H3,(H,10,11). The van der Waals surface area contributed by atoms with E-state index in [-0.39, 0.29) is 0 Å². The van der Waals surface area contributed by atoms with Gasteiger partial charge in [-0.15, -0.1) is 0 Å². The molecule has 0 aromatic rings. The van der Waals surface area contributed by atoms with Gasteiger partial charge in [0.25, 0.3) is 0 Å². The first-order valence-corrected chi connectivity index (χ1v) is 5.60. The molecule has 1 N–H and O–H groups in total. The number of rotatable bonds is 3. The predicted octanol–water partition coefficient (Wildman–Crippen LogP) is 1.97. The highest BCUT2D eigenvalue weighted by Crippen LogP contribution is 2.11. The highest BCUT2D eigenvalue weighted by atomic mass is 32.2. The molecule has 0 saturated carbocycles. The van der Waals surface area contributed by atoms with Crippen LogP contribution in [-0.4, -0.2) is 24.0 Å². The molecule has 2 nitrogen and oxygen atoms in total. The molecule has 0 aliphatic carbocycles. The predicted molar refractivity (Wildman–Crippen MR) is 56.8 cm³/mol. The topological polar surface area (TPSA) is 24.4 Å². The fourth-order valence-corrected chi connectivity index (χ4v) is 1.67. The van der Waals surface area contributed by atoms with Gasteiger partial charge in [-0.3, -0.25) is 4.99 Å². The first kappa shape index (κ1) is 9.90. The van der Waals surface area contributed by atoms with Crippen LogP contribution >= 0.6 is 11.8 Å². The largest absolute Gasteiger partial charge is 0.365 e. The van der Waals surface area contributed by atoms with E-state index in [4.69, 9.17) is 0 Å². The van der Waals surface area contributed by atoms with E-state index in [0.29, 0.717) is 0 Å². The molecule has 70 valence electrons. The molecule has 0 fully saturated rings. The molecule has 1 rings (SSSR count). The monoisotopic (exact) mass is 186 g/mol. The van der Waals surface area contributed by atoms with Crippen molar-refractivity contribution in [3.05, 3.63) is 0 Å². The van der Waals surface area contributed by atoms with E-state index < -0.39 is 0 Å². The minimum absolute atomic E-state index is 0.730. The van der Waals surface area contributed by atoms with Crippen molar-refractivity contribution in [3.8, 4) is 0 Å². The molecule has 1 unspecified atom stereocenters. The highest BCUT2D eigenvalue weighted by molar-refractivity contribution is 8.14. The van der Waals surface area contributed by atoms with Crippen LogP contribution in [0.1, 0.15) is 20.8 Å². The number of amidine groups is 1. The quantitative estimate of drug-likeness (QED) is 0.729. The molecule has 1 aliphatic rings. The smallest absolute Gasteiger partial charge is 0.156 e. The Balaban J connectivity index is 2.16. The average molecular weight is 186 g/mol. The Morgan fingerprint density at radius 1 is 1.50 bits per heavy atom. The fraction of sp³-hybridized carbons (Fsp3) is 0.889. The summed E-state index contributed by atoms with van der Waals surface area (Å²) in [5.41, 5.74) is 0. The van der Waals surface area contributed by atoms with Gasteiger partial charge in [0.05, 0.1) is 6.54 Å². The van der Waals surface area contributed by atoms with Crippen LogP contribution in [-0.2, 0) is 0 Å². The van der Waals surface area contributed by atoms with Gasteiger partial charge < -0.3 is 5.32 Å². The van der Waals surface area contributed by atoms with Gasteiger partial charge in [0.2, 0.25) is 0 Å². The number of nitrogens with zero attached hydrogens (tertiary/aromatic N) is 1. The maximum atomic E-state index is 4.34. The van der Waals surface area contributed by atoms with Crippen LogP contribution in [0, 0.1) is 11.8 Å². The highest BCUT2D eigenvalue weighted by Gasteiger charge is 2.10. The lowest BCUT2D eigenvalue weighted by Gasteiger charge is -2.16. The van der Waals surface area contributed by atoms with E-state index in [1.807, 2.05) is 11.8 Å². The number of hydrogen-bond donors (Lipinski definition) is 1. The number of hydrogen-bond acceptors (Lipinski definition) is 3. The third-order valence-electron chi connectivity index (χ3n) is 2.30. The van der Waals surface area contributed by atoms with Gasteiger partial charge in [-0.25, -0.2) is 0 Å². The Morgan fingerprint density at radius 2 is 2.25 bits per heavy atom. The maximum absolute atomic E-state index is 4.34. The molecule has 0 saturated heterocycles. The molecule has 0 amide bonds. The maximum Gasteiger partial charge on any atom is 0.156 e. The van der Waals surface area contributed by atoms with Crippen LogP contribution in [0.2, 0.25) is 0 Å².